The molecule has 0 aromatic heterocycles. The summed E-state index contributed by atoms with van der Waals surface area (Å²) in [7, 11) is -2.01. The zero-order valence-corrected chi connectivity index (χ0v) is 11.2. The number of anilines is 1. The lowest BCUT2D eigenvalue weighted by Crippen LogP contribution is -2.24. The van der Waals surface area contributed by atoms with Crippen LogP contribution in [0.4, 0.5) is 5.69 Å². The van der Waals surface area contributed by atoms with E-state index in [-0.39, 0.29) is 12.2 Å². The number of hydrogen-bond acceptors (Lipinski definition) is 5. The Bertz CT molecular complexity index is 573. The molecule has 19 heavy (non-hydrogen) atoms. The third kappa shape index (κ3) is 5.40. The van der Waals surface area contributed by atoms with E-state index >= 15 is 0 Å². The SMILES string of the molecule is COc1ccc(NC(=O)CS(=O)(=O)CCC#N)cc1. The van der Waals surface area contributed by atoms with Crippen molar-refractivity contribution in [2.75, 3.05) is 23.9 Å². The molecule has 0 fully saturated rings. The zero-order valence-electron chi connectivity index (χ0n) is 10.4. The number of sulfone groups is 1. The van der Waals surface area contributed by atoms with Gasteiger partial charge in [-0.2, -0.15) is 5.26 Å². The van der Waals surface area contributed by atoms with Gasteiger partial charge >= 0.3 is 0 Å². The molecule has 0 heterocycles. The van der Waals surface area contributed by atoms with Gasteiger partial charge in [-0.3, -0.25) is 4.79 Å². The van der Waals surface area contributed by atoms with Crippen LogP contribution in [0.3, 0.4) is 0 Å². The number of nitriles is 1. The third-order valence-corrected chi connectivity index (χ3v) is 3.78. The average molecular weight is 282 g/mol. The molecule has 1 N–H and O–H groups in total. The number of methoxy groups -OCH3 is 1. The Kier molecular flexibility index (Phi) is 5.33. The normalized spacial score (nSPS) is 10.5. The van der Waals surface area contributed by atoms with Gasteiger partial charge in [0.2, 0.25) is 5.91 Å². The van der Waals surface area contributed by atoms with Crippen molar-refractivity contribution in [2.45, 2.75) is 6.42 Å². The molecule has 1 rings (SSSR count). The molecule has 102 valence electrons. The minimum atomic E-state index is -3.54. The van der Waals surface area contributed by atoms with Crippen LogP contribution in [0, 0.1) is 11.3 Å². The standard InChI is InChI=1S/C12H14N2O4S/c1-18-11-5-3-10(4-6-11)14-12(15)9-19(16,17)8-2-7-13/h3-6H,2,8-9H2,1H3,(H,14,15). The lowest BCUT2D eigenvalue weighted by molar-refractivity contribution is -0.113. The number of amides is 1. The Hall–Kier alpha value is -2.07. The first kappa shape index (κ1) is 15.0. The van der Waals surface area contributed by atoms with Crippen LogP contribution in [0.25, 0.3) is 0 Å². The fourth-order valence-electron chi connectivity index (χ4n) is 1.34. The molecule has 0 aliphatic rings. The van der Waals surface area contributed by atoms with Crippen molar-refractivity contribution in [3.8, 4) is 11.8 Å². The first-order valence-electron chi connectivity index (χ1n) is 5.48. The predicted octanol–water partition coefficient (Wildman–Crippen LogP) is 0.962. The summed E-state index contributed by atoms with van der Waals surface area (Å²) in [5, 5.41) is 10.8. The molecule has 0 unspecified atom stereocenters. The largest absolute Gasteiger partial charge is 0.497 e. The van der Waals surface area contributed by atoms with E-state index in [0.29, 0.717) is 11.4 Å². The lowest BCUT2D eigenvalue weighted by Gasteiger charge is -2.06. The van der Waals surface area contributed by atoms with Crippen molar-refractivity contribution in [2.24, 2.45) is 0 Å². The van der Waals surface area contributed by atoms with Crippen LogP contribution in [-0.4, -0.2) is 32.9 Å². The van der Waals surface area contributed by atoms with Gasteiger partial charge in [0.1, 0.15) is 11.5 Å². The molecule has 0 saturated heterocycles. The van der Waals surface area contributed by atoms with E-state index in [2.05, 4.69) is 5.32 Å². The molecule has 0 radical (unpaired) electrons. The van der Waals surface area contributed by atoms with Crippen molar-refractivity contribution in [1.82, 2.24) is 0 Å². The Balaban J connectivity index is 2.57. The highest BCUT2D eigenvalue weighted by atomic mass is 32.2. The van der Waals surface area contributed by atoms with Crippen molar-refractivity contribution in [1.29, 1.82) is 5.26 Å². The van der Waals surface area contributed by atoms with Crippen LogP contribution in [0.1, 0.15) is 6.42 Å². The highest BCUT2D eigenvalue weighted by molar-refractivity contribution is 7.92. The van der Waals surface area contributed by atoms with Gasteiger partial charge in [-0.1, -0.05) is 0 Å². The van der Waals surface area contributed by atoms with Crippen molar-refractivity contribution < 1.29 is 17.9 Å². The van der Waals surface area contributed by atoms with Crippen molar-refractivity contribution >= 4 is 21.4 Å². The summed E-state index contributed by atoms with van der Waals surface area (Å²) in [5.41, 5.74) is 0.487. The summed E-state index contributed by atoms with van der Waals surface area (Å²) in [6.45, 7) is 0. The summed E-state index contributed by atoms with van der Waals surface area (Å²) in [6.07, 6.45) is -0.113. The number of benzene rings is 1. The summed E-state index contributed by atoms with van der Waals surface area (Å²) < 4.78 is 27.9. The van der Waals surface area contributed by atoms with E-state index in [4.69, 9.17) is 10.00 Å². The van der Waals surface area contributed by atoms with Gasteiger partial charge in [0.15, 0.2) is 9.84 Å². The second-order valence-corrected chi connectivity index (χ2v) is 5.96. The fraction of sp³-hybridized carbons (Fsp3) is 0.333. The maximum Gasteiger partial charge on any atom is 0.239 e. The van der Waals surface area contributed by atoms with E-state index in [0.717, 1.165) is 0 Å². The van der Waals surface area contributed by atoms with Crippen LogP contribution >= 0.6 is 0 Å². The Labute approximate surface area is 111 Å². The van der Waals surface area contributed by atoms with Crippen LogP contribution < -0.4 is 10.1 Å². The van der Waals surface area contributed by atoms with Gasteiger partial charge in [-0.05, 0) is 24.3 Å². The minimum absolute atomic E-state index is 0.113. The van der Waals surface area contributed by atoms with Crippen LogP contribution in [0.5, 0.6) is 5.75 Å². The van der Waals surface area contributed by atoms with E-state index in [1.165, 1.54) is 7.11 Å². The van der Waals surface area contributed by atoms with E-state index in [1.54, 1.807) is 30.3 Å². The van der Waals surface area contributed by atoms with Gasteiger partial charge in [0.25, 0.3) is 0 Å². The Morgan fingerprint density at radius 3 is 2.53 bits per heavy atom. The second-order valence-electron chi connectivity index (χ2n) is 3.78. The molecule has 6 nitrogen and oxygen atoms in total. The highest BCUT2D eigenvalue weighted by Crippen LogP contribution is 2.14. The summed E-state index contributed by atoms with van der Waals surface area (Å²) in [6, 6.07) is 8.26. The van der Waals surface area contributed by atoms with Gasteiger partial charge in [0.05, 0.1) is 18.9 Å². The van der Waals surface area contributed by atoms with E-state index in [9.17, 15) is 13.2 Å². The van der Waals surface area contributed by atoms with Crippen LogP contribution in [-0.2, 0) is 14.6 Å². The fourth-order valence-corrected chi connectivity index (χ4v) is 2.36. The number of ether oxygens (including phenoxy) is 1. The Morgan fingerprint density at radius 1 is 1.37 bits per heavy atom. The third-order valence-electron chi connectivity index (χ3n) is 2.25. The molecule has 0 saturated carbocycles. The first-order chi connectivity index (χ1) is 8.96. The highest BCUT2D eigenvalue weighted by Gasteiger charge is 2.16. The average Bonchev–Trinajstić information content (AvgIpc) is 2.36. The molecule has 0 aliphatic carbocycles. The van der Waals surface area contributed by atoms with Crippen molar-refractivity contribution in [3.05, 3.63) is 24.3 Å². The smallest absolute Gasteiger partial charge is 0.239 e. The molecule has 1 aromatic rings. The molecule has 7 heteroatoms. The monoisotopic (exact) mass is 282 g/mol. The van der Waals surface area contributed by atoms with Gasteiger partial charge in [-0.15, -0.1) is 0 Å². The molecule has 1 amide bonds. The number of carbonyl (C=O) groups is 1. The molecule has 0 atom stereocenters. The number of rotatable bonds is 6. The topological polar surface area (TPSA) is 96.3 Å². The predicted molar refractivity (Wildman–Crippen MR) is 70.5 cm³/mol. The first-order valence-corrected chi connectivity index (χ1v) is 7.30. The quantitative estimate of drug-likeness (QED) is 0.838. The minimum Gasteiger partial charge on any atom is -0.497 e. The summed E-state index contributed by atoms with van der Waals surface area (Å²) >= 11 is 0. The maximum absolute atomic E-state index is 11.5. The summed E-state index contributed by atoms with van der Waals surface area (Å²) in [4.78, 5) is 11.5. The zero-order chi connectivity index (χ0) is 14.3. The van der Waals surface area contributed by atoms with E-state index < -0.39 is 21.5 Å². The molecule has 0 aliphatic heterocycles. The molecule has 1 aromatic carbocycles. The van der Waals surface area contributed by atoms with Gasteiger partial charge in [-0.25, -0.2) is 8.42 Å². The molecular formula is C12H14N2O4S. The number of nitrogens with one attached hydrogen (secondary N) is 1. The van der Waals surface area contributed by atoms with Crippen LogP contribution in [0.2, 0.25) is 0 Å². The van der Waals surface area contributed by atoms with Crippen molar-refractivity contribution in [3.63, 3.8) is 0 Å². The van der Waals surface area contributed by atoms with E-state index in [1.807, 2.05) is 0 Å². The van der Waals surface area contributed by atoms with Gasteiger partial charge < -0.3 is 10.1 Å². The van der Waals surface area contributed by atoms with Gasteiger partial charge in [0, 0.05) is 12.1 Å². The molecule has 0 spiro atoms. The lowest BCUT2D eigenvalue weighted by atomic mass is 10.3. The van der Waals surface area contributed by atoms with Crippen LogP contribution in [0.15, 0.2) is 24.3 Å². The Morgan fingerprint density at radius 2 is 2.00 bits per heavy atom. The summed E-state index contributed by atoms with van der Waals surface area (Å²) in [5.74, 6) is -0.914. The second kappa shape index (κ2) is 6.75. The molecular weight excluding hydrogens is 268 g/mol. The number of carbonyl (C=O) groups excluding carboxylic acids is 1. The molecule has 0 bridgehead atoms. The maximum atomic E-state index is 11.5. The number of hydrogen-bond donors (Lipinski definition) is 1. The number of nitrogens with zero attached hydrogens (tertiary/aromatic N) is 1.